The Kier molecular flexibility index (Phi) is 6.27. The van der Waals surface area contributed by atoms with Crippen LogP contribution in [-0.2, 0) is 4.79 Å². The van der Waals surface area contributed by atoms with E-state index >= 15 is 0 Å². The molecule has 0 aliphatic rings. The second-order valence-corrected chi connectivity index (χ2v) is 6.64. The van der Waals surface area contributed by atoms with Gasteiger partial charge in [-0.1, -0.05) is 29.8 Å². The van der Waals surface area contributed by atoms with Gasteiger partial charge in [-0.05, 0) is 62.7 Å². The molecule has 0 fully saturated rings. The zero-order valence-electron chi connectivity index (χ0n) is 16.5. The zero-order chi connectivity index (χ0) is 19.9. The maximum Gasteiger partial charge on any atom is 0.262 e. The topological polar surface area (TPSA) is 54.5 Å². The smallest absolute Gasteiger partial charge is 0.262 e. The third-order valence-electron chi connectivity index (χ3n) is 4.33. The van der Waals surface area contributed by atoms with Gasteiger partial charge in [0.2, 0.25) is 0 Å². The first-order chi connectivity index (χ1) is 13.5. The minimum Gasteiger partial charge on any atom is -0.484 e. The van der Waals surface area contributed by atoms with Gasteiger partial charge >= 0.3 is 0 Å². The Hall–Kier alpha value is -3.34. The minimum absolute atomic E-state index is 0.0464. The second-order valence-electron chi connectivity index (χ2n) is 6.64. The molecule has 0 saturated carbocycles. The van der Waals surface area contributed by atoms with E-state index in [1.807, 2.05) is 49.4 Å². The molecule has 0 spiro atoms. The summed E-state index contributed by atoms with van der Waals surface area (Å²) in [6.45, 7) is 6.91. The highest BCUT2D eigenvalue weighted by atomic mass is 16.5. The SMILES string of the molecule is CCN(c1cccc(C)c1)c1ccc(NC(=O)COc2ccc(C)cc2)cn1. The molecule has 3 rings (SSSR count). The van der Waals surface area contributed by atoms with Crippen LogP contribution in [0.25, 0.3) is 0 Å². The van der Waals surface area contributed by atoms with Gasteiger partial charge < -0.3 is 15.0 Å². The highest BCUT2D eigenvalue weighted by molar-refractivity contribution is 5.91. The molecule has 0 aliphatic heterocycles. The van der Waals surface area contributed by atoms with E-state index in [0.717, 1.165) is 23.6 Å². The van der Waals surface area contributed by atoms with Crippen LogP contribution in [0.3, 0.4) is 0 Å². The van der Waals surface area contributed by atoms with Crippen molar-refractivity contribution in [2.45, 2.75) is 20.8 Å². The molecular weight excluding hydrogens is 350 g/mol. The Labute approximate surface area is 166 Å². The molecule has 0 bridgehead atoms. The van der Waals surface area contributed by atoms with E-state index in [1.54, 1.807) is 6.20 Å². The zero-order valence-corrected chi connectivity index (χ0v) is 16.5. The molecule has 3 aromatic rings. The van der Waals surface area contributed by atoms with E-state index < -0.39 is 0 Å². The first-order valence-corrected chi connectivity index (χ1v) is 9.34. The lowest BCUT2D eigenvalue weighted by Crippen LogP contribution is -2.21. The van der Waals surface area contributed by atoms with E-state index in [0.29, 0.717) is 11.4 Å². The summed E-state index contributed by atoms with van der Waals surface area (Å²) in [5, 5.41) is 2.81. The van der Waals surface area contributed by atoms with Crippen molar-refractivity contribution in [1.29, 1.82) is 0 Å². The molecule has 5 heteroatoms. The van der Waals surface area contributed by atoms with Gasteiger partial charge in [0.25, 0.3) is 5.91 Å². The summed E-state index contributed by atoms with van der Waals surface area (Å²) in [6.07, 6.45) is 1.66. The monoisotopic (exact) mass is 375 g/mol. The van der Waals surface area contributed by atoms with Crippen molar-refractivity contribution in [3.8, 4) is 5.75 Å². The first kappa shape index (κ1) is 19.4. The fraction of sp³-hybridized carbons (Fsp3) is 0.217. The maximum absolute atomic E-state index is 12.1. The van der Waals surface area contributed by atoms with Crippen molar-refractivity contribution in [1.82, 2.24) is 4.98 Å². The molecule has 1 N–H and O–H groups in total. The van der Waals surface area contributed by atoms with E-state index in [9.17, 15) is 4.79 Å². The number of nitrogens with one attached hydrogen (secondary N) is 1. The molecule has 0 radical (unpaired) electrons. The highest BCUT2D eigenvalue weighted by Crippen LogP contribution is 2.24. The van der Waals surface area contributed by atoms with Gasteiger partial charge in [-0.3, -0.25) is 4.79 Å². The number of rotatable bonds is 7. The normalized spacial score (nSPS) is 10.4. The summed E-state index contributed by atoms with van der Waals surface area (Å²) >= 11 is 0. The number of anilines is 3. The summed E-state index contributed by atoms with van der Waals surface area (Å²) in [7, 11) is 0. The van der Waals surface area contributed by atoms with Gasteiger partial charge in [-0.25, -0.2) is 4.98 Å². The van der Waals surface area contributed by atoms with Crippen LogP contribution in [0.5, 0.6) is 5.75 Å². The van der Waals surface area contributed by atoms with Gasteiger partial charge in [0.05, 0.1) is 11.9 Å². The Morgan fingerprint density at radius 3 is 2.46 bits per heavy atom. The first-order valence-electron chi connectivity index (χ1n) is 9.34. The summed E-state index contributed by atoms with van der Waals surface area (Å²) in [4.78, 5) is 18.7. The molecule has 0 unspecified atom stereocenters. The summed E-state index contributed by atoms with van der Waals surface area (Å²) in [5.41, 5.74) is 4.09. The van der Waals surface area contributed by atoms with Crippen LogP contribution in [0.2, 0.25) is 0 Å². The number of hydrogen-bond acceptors (Lipinski definition) is 4. The molecule has 1 amide bonds. The van der Waals surface area contributed by atoms with Crippen LogP contribution in [0.15, 0.2) is 66.9 Å². The largest absolute Gasteiger partial charge is 0.484 e. The lowest BCUT2D eigenvalue weighted by atomic mass is 10.2. The van der Waals surface area contributed by atoms with E-state index in [2.05, 4.69) is 47.2 Å². The quantitative estimate of drug-likeness (QED) is 0.640. The number of carbonyl (C=O) groups excluding carboxylic acids is 1. The molecule has 0 aliphatic carbocycles. The average Bonchev–Trinajstić information content (AvgIpc) is 2.69. The van der Waals surface area contributed by atoms with Crippen molar-refractivity contribution < 1.29 is 9.53 Å². The predicted molar refractivity (Wildman–Crippen MR) is 113 cm³/mol. The van der Waals surface area contributed by atoms with E-state index in [-0.39, 0.29) is 12.5 Å². The van der Waals surface area contributed by atoms with Gasteiger partial charge in [0.1, 0.15) is 11.6 Å². The number of nitrogens with zero attached hydrogens (tertiary/aromatic N) is 2. The molecule has 0 saturated heterocycles. The van der Waals surface area contributed by atoms with Gasteiger partial charge in [-0.2, -0.15) is 0 Å². The molecule has 1 aromatic heterocycles. The number of hydrogen-bond donors (Lipinski definition) is 1. The third-order valence-corrected chi connectivity index (χ3v) is 4.33. The average molecular weight is 375 g/mol. The van der Waals surface area contributed by atoms with Crippen LogP contribution < -0.4 is 15.0 Å². The molecule has 5 nitrogen and oxygen atoms in total. The predicted octanol–water partition coefficient (Wildman–Crippen LogP) is 4.87. The minimum atomic E-state index is -0.221. The van der Waals surface area contributed by atoms with Crippen molar-refractivity contribution in [2.24, 2.45) is 0 Å². The van der Waals surface area contributed by atoms with Crippen LogP contribution >= 0.6 is 0 Å². The molecule has 0 atom stereocenters. The number of aryl methyl sites for hydroxylation is 2. The molecule has 2 aromatic carbocycles. The highest BCUT2D eigenvalue weighted by Gasteiger charge is 2.10. The van der Waals surface area contributed by atoms with Gasteiger partial charge in [0.15, 0.2) is 6.61 Å². The maximum atomic E-state index is 12.1. The Balaban J connectivity index is 1.60. The molecule has 28 heavy (non-hydrogen) atoms. The molecular formula is C23H25N3O2. The van der Waals surface area contributed by atoms with Crippen molar-refractivity contribution in [3.05, 3.63) is 78.0 Å². The molecule has 1 heterocycles. The fourth-order valence-corrected chi connectivity index (χ4v) is 2.87. The number of amides is 1. The number of ether oxygens (including phenoxy) is 1. The summed E-state index contributed by atoms with van der Waals surface area (Å²) < 4.78 is 5.50. The van der Waals surface area contributed by atoms with Gasteiger partial charge in [0, 0.05) is 12.2 Å². The lowest BCUT2D eigenvalue weighted by Gasteiger charge is -2.22. The van der Waals surface area contributed by atoms with Crippen molar-refractivity contribution in [3.63, 3.8) is 0 Å². The van der Waals surface area contributed by atoms with E-state index in [4.69, 9.17) is 4.74 Å². The van der Waals surface area contributed by atoms with E-state index in [1.165, 1.54) is 5.56 Å². The Bertz CT molecular complexity index is 921. The number of aromatic nitrogens is 1. The molecule has 144 valence electrons. The third kappa shape index (κ3) is 5.10. The summed E-state index contributed by atoms with van der Waals surface area (Å²) in [5.74, 6) is 1.29. The Morgan fingerprint density at radius 2 is 1.82 bits per heavy atom. The second kappa shape index (κ2) is 9.04. The Morgan fingerprint density at radius 1 is 1.04 bits per heavy atom. The van der Waals surface area contributed by atoms with Crippen molar-refractivity contribution in [2.75, 3.05) is 23.4 Å². The van der Waals surface area contributed by atoms with Crippen LogP contribution in [0, 0.1) is 13.8 Å². The fourth-order valence-electron chi connectivity index (χ4n) is 2.87. The van der Waals surface area contributed by atoms with Gasteiger partial charge in [-0.15, -0.1) is 0 Å². The number of carbonyl (C=O) groups is 1. The summed E-state index contributed by atoms with van der Waals surface area (Å²) in [6, 6.07) is 19.7. The lowest BCUT2D eigenvalue weighted by molar-refractivity contribution is -0.118. The number of pyridine rings is 1. The van der Waals surface area contributed by atoms with Crippen LogP contribution in [-0.4, -0.2) is 24.0 Å². The van der Waals surface area contributed by atoms with Crippen LogP contribution in [0.4, 0.5) is 17.2 Å². The standard InChI is InChI=1S/C23H25N3O2/c1-4-26(20-7-5-6-18(3)14-20)22-13-10-19(15-24-22)25-23(27)16-28-21-11-8-17(2)9-12-21/h5-15H,4,16H2,1-3H3,(H,25,27). The van der Waals surface area contributed by atoms with Crippen molar-refractivity contribution >= 4 is 23.1 Å². The number of benzene rings is 2. The van der Waals surface area contributed by atoms with Crippen LogP contribution in [0.1, 0.15) is 18.1 Å².